The maximum absolute atomic E-state index is 13.7. The third-order valence-electron chi connectivity index (χ3n) is 3.39. The van der Waals surface area contributed by atoms with Gasteiger partial charge in [-0.15, -0.1) is 5.10 Å². The van der Waals surface area contributed by atoms with Gasteiger partial charge in [-0.05, 0) is 30.7 Å². The Kier molecular flexibility index (Phi) is 3.89. The molecule has 116 valence electrons. The molecule has 0 saturated carbocycles. The number of aryl methyl sites for hydroxylation is 1. The van der Waals surface area contributed by atoms with E-state index in [1.54, 1.807) is 12.1 Å². The molecule has 6 heteroatoms. The van der Waals surface area contributed by atoms with E-state index in [9.17, 15) is 13.6 Å². The monoisotopic (exact) mass is 313 g/mol. The van der Waals surface area contributed by atoms with Crippen LogP contribution in [0.25, 0.3) is 5.69 Å². The molecular formula is C17H13F2N3O. The lowest BCUT2D eigenvalue weighted by Gasteiger charge is -2.06. The molecule has 0 radical (unpaired) electrons. The molecule has 0 spiro atoms. The van der Waals surface area contributed by atoms with Crippen molar-refractivity contribution in [3.63, 3.8) is 0 Å². The molecule has 1 amide bonds. The molecule has 23 heavy (non-hydrogen) atoms. The molecule has 0 atom stereocenters. The third kappa shape index (κ3) is 2.96. The summed E-state index contributed by atoms with van der Waals surface area (Å²) in [6.07, 6.45) is 1.38. The van der Waals surface area contributed by atoms with Crippen LogP contribution < -0.4 is 5.32 Å². The van der Waals surface area contributed by atoms with Crippen LogP contribution in [0.4, 0.5) is 14.6 Å². The second-order valence-electron chi connectivity index (χ2n) is 4.98. The van der Waals surface area contributed by atoms with Crippen molar-refractivity contribution in [3.8, 4) is 5.69 Å². The van der Waals surface area contributed by atoms with Crippen LogP contribution in [-0.2, 0) is 0 Å². The Balaban J connectivity index is 1.86. The van der Waals surface area contributed by atoms with E-state index in [1.807, 2.05) is 19.1 Å². The fourth-order valence-corrected chi connectivity index (χ4v) is 2.23. The highest BCUT2D eigenvalue weighted by molar-refractivity contribution is 6.04. The number of rotatable bonds is 3. The SMILES string of the molecule is Cc1ccccc1C(=O)Nc1ccn(-c2c(F)cccc2F)n1. The van der Waals surface area contributed by atoms with E-state index in [0.717, 1.165) is 22.4 Å². The van der Waals surface area contributed by atoms with Crippen LogP contribution >= 0.6 is 0 Å². The molecule has 1 N–H and O–H groups in total. The second kappa shape index (κ2) is 6.00. The van der Waals surface area contributed by atoms with Crippen LogP contribution in [0.1, 0.15) is 15.9 Å². The number of nitrogens with zero attached hydrogens (tertiary/aromatic N) is 2. The van der Waals surface area contributed by atoms with Gasteiger partial charge in [-0.3, -0.25) is 4.79 Å². The number of amides is 1. The van der Waals surface area contributed by atoms with Crippen LogP contribution in [0, 0.1) is 18.6 Å². The summed E-state index contributed by atoms with van der Waals surface area (Å²) in [7, 11) is 0. The van der Waals surface area contributed by atoms with Gasteiger partial charge in [-0.2, -0.15) is 0 Å². The van der Waals surface area contributed by atoms with Gasteiger partial charge in [0.25, 0.3) is 5.91 Å². The molecule has 0 aliphatic carbocycles. The van der Waals surface area contributed by atoms with Crippen LogP contribution in [-0.4, -0.2) is 15.7 Å². The fourth-order valence-electron chi connectivity index (χ4n) is 2.23. The summed E-state index contributed by atoms with van der Waals surface area (Å²) in [6, 6.07) is 12.1. The molecule has 0 aliphatic rings. The van der Waals surface area contributed by atoms with Crippen molar-refractivity contribution in [2.75, 3.05) is 5.32 Å². The Bertz CT molecular complexity index is 854. The van der Waals surface area contributed by atoms with E-state index < -0.39 is 11.6 Å². The number of halogens is 2. The van der Waals surface area contributed by atoms with E-state index in [0.29, 0.717) is 5.56 Å². The normalized spacial score (nSPS) is 10.6. The van der Waals surface area contributed by atoms with Gasteiger partial charge in [0.05, 0.1) is 0 Å². The highest BCUT2D eigenvalue weighted by Gasteiger charge is 2.14. The van der Waals surface area contributed by atoms with Gasteiger partial charge in [0.15, 0.2) is 17.5 Å². The van der Waals surface area contributed by atoms with Gasteiger partial charge < -0.3 is 5.32 Å². The number of benzene rings is 2. The summed E-state index contributed by atoms with van der Waals surface area (Å²) in [4.78, 5) is 12.2. The van der Waals surface area contributed by atoms with E-state index >= 15 is 0 Å². The number of carbonyl (C=O) groups excluding carboxylic acids is 1. The van der Waals surface area contributed by atoms with E-state index in [-0.39, 0.29) is 17.4 Å². The summed E-state index contributed by atoms with van der Waals surface area (Å²) in [5, 5.41) is 6.61. The lowest BCUT2D eigenvalue weighted by atomic mass is 10.1. The Morgan fingerprint density at radius 3 is 2.43 bits per heavy atom. The summed E-state index contributed by atoms with van der Waals surface area (Å²) in [5.74, 6) is -1.59. The van der Waals surface area contributed by atoms with Crippen molar-refractivity contribution in [2.45, 2.75) is 6.92 Å². The smallest absolute Gasteiger partial charge is 0.257 e. The first-order chi connectivity index (χ1) is 11.1. The van der Waals surface area contributed by atoms with Crippen molar-refractivity contribution in [1.29, 1.82) is 0 Å². The minimum Gasteiger partial charge on any atom is -0.305 e. The molecule has 3 rings (SSSR count). The fraction of sp³-hybridized carbons (Fsp3) is 0.0588. The second-order valence-corrected chi connectivity index (χ2v) is 4.98. The van der Waals surface area contributed by atoms with Crippen molar-refractivity contribution >= 4 is 11.7 Å². The van der Waals surface area contributed by atoms with Gasteiger partial charge in [-0.1, -0.05) is 24.3 Å². The predicted molar refractivity (Wildman–Crippen MR) is 82.6 cm³/mol. The zero-order valence-electron chi connectivity index (χ0n) is 12.3. The molecule has 0 bridgehead atoms. The van der Waals surface area contributed by atoms with Crippen LogP contribution in [0.3, 0.4) is 0 Å². The van der Waals surface area contributed by atoms with Crippen molar-refractivity contribution in [3.05, 3.63) is 77.5 Å². The number of para-hydroxylation sites is 1. The van der Waals surface area contributed by atoms with E-state index in [2.05, 4.69) is 10.4 Å². The maximum atomic E-state index is 13.7. The summed E-state index contributed by atoms with van der Waals surface area (Å²) < 4.78 is 28.5. The first-order valence-electron chi connectivity index (χ1n) is 6.93. The molecule has 1 aromatic heterocycles. The number of nitrogens with one attached hydrogen (secondary N) is 1. The molecule has 0 saturated heterocycles. The van der Waals surface area contributed by atoms with Gasteiger partial charge in [-0.25, -0.2) is 13.5 Å². The summed E-state index contributed by atoms with van der Waals surface area (Å²) >= 11 is 0. The Morgan fingerprint density at radius 1 is 1.04 bits per heavy atom. The molecular weight excluding hydrogens is 300 g/mol. The number of hydrogen-bond donors (Lipinski definition) is 1. The standard InChI is InChI=1S/C17H13F2N3O/c1-11-5-2-3-6-12(11)17(23)20-15-9-10-22(21-15)16-13(18)7-4-8-14(16)19/h2-10H,1H3,(H,20,21,23). The van der Waals surface area contributed by atoms with Gasteiger partial charge in [0.2, 0.25) is 0 Å². The van der Waals surface area contributed by atoms with Gasteiger partial charge in [0, 0.05) is 17.8 Å². The molecule has 0 fully saturated rings. The first-order valence-corrected chi connectivity index (χ1v) is 6.93. The Morgan fingerprint density at radius 2 is 1.74 bits per heavy atom. The molecule has 1 heterocycles. The van der Waals surface area contributed by atoms with Crippen LogP contribution in [0.2, 0.25) is 0 Å². The van der Waals surface area contributed by atoms with Crippen molar-refractivity contribution < 1.29 is 13.6 Å². The zero-order valence-corrected chi connectivity index (χ0v) is 12.3. The lowest BCUT2D eigenvalue weighted by molar-refractivity contribution is 0.102. The van der Waals surface area contributed by atoms with Crippen molar-refractivity contribution in [1.82, 2.24) is 9.78 Å². The highest BCUT2D eigenvalue weighted by atomic mass is 19.1. The zero-order chi connectivity index (χ0) is 16.4. The molecule has 4 nitrogen and oxygen atoms in total. The highest BCUT2D eigenvalue weighted by Crippen LogP contribution is 2.18. The van der Waals surface area contributed by atoms with Crippen LogP contribution in [0.5, 0.6) is 0 Å². The van der Waals surface area contributed by atoms with Crippen LogP contribution in [0.15, 0.2) is 54.7 Å². The molecule has 2 aromatic carbocycles. The first kappa shape index (κ1) is 14.9. The average Bonchev–Trinajstić information content (AvgIpc) is 2.95. The molecule has 3 aromatic rings. The Hall–Kier alpha value is -3.02. The molecule has 0 unspecified atom stereocenters. The quantitative estimate of drug-likeness (QED) is 0.801. The van der Waals surface area contributed by atoms with E-state index in [4.69, 9.17) is 0 Å². The number of carbonyl (C=O) groups is 1. The third-order valence-corrected chi connectivity index (χ3v) is 3.39. The van der Waals surface area contributed by atoms with Gasteiger partial charge in [0.1, 0.15) is 5.69 Å². The number of anilines is 1. The number of aromatic nitrogens is 2. The lowest BCUT2D eigenvalue weighted by Crippen LogP contribution is -2.14. The average molecular weight is 313 g/mol. The number of hydrogen-bond acceptors (Lipinski definition) is 2. The topological polar surface area (TPSA) is 46.9 Å². The minimum atomic E-state index is -0.732. The summed E-state index contributed by atoms with van der Waals surface area (Å²) in [5.41, 5.74) is 1.05. The predicted octanol–water partition coefficient (Wildman–Crippen LogP) is 3.71. The molecule has 0 aliphatic heterocycles. The van der Waals surface area contributed by atoms with Crippen molar-refractivity contribution in [2.24, 2.45) is 0 Å². The Labute approximate surface area is 131 Å². The summed E-state index contributed by atoms with van der Waals surface area (Å²) in [6.45, 7) is 1.82. The largest absolute Gasteiger partial charge is 0.305 e. The minimum absolute atomic E-state index is 0.209. The van der Waals surface area contributed by atoms with E-state index in [1.165, 1.54) is 18.3 Å². The maximum Gasteiger partial charge on any atom is 0.257 e. The van der Waals surface area contributed by atoms with Gasteiger partial charge >= 0.3 is 0 Å².